The Morgan fingerprint density at radius 1 is 1.38 bits per heavy atom. The van der Waals surface area contributed by atoms with Gasteiger partial charge in [0.25, 0.3) is 0 Å². The van der Waals surface area contributed by atoms with E-state index in [2.05, 4.69) is 25.2 Å². The van der Waals surface area contributed by atoms with Gasteiger partial charge < -0.3 is 5.32 Å². The minimum Gasteiger partial charge on any atom is -0.312 e. The van der Waals surface area contributed by atoms with Crippen LogP contribution in [0.2, 0.25) is 5.02 Å². The lowest BCUT2D eigenvalue weighted by atomic mass is 9.92. The zero-order chi connectivity index (χ0) is 11.6. The monoisotopic (exact) mass is 237 g/mol. The van der Waals surface area contributed by atoms with Crippen molar-refractivity contribution in [2.45, 2.75) is 33.2 Å². The second-order valence-corrected chi connectivity index (χ2v) is 5.69. The highest BCUT2D eigenvalue weighted by molar-refractivity contribution is 6.30. The van der Waals surface area contributed by atoms with Gasteiger partial charge in [-0.3, -0.25) is 0 Å². The summed E-state index contributed by atoms with van der Waals surface area (Å²) in [4.78, 5) is 0. The summed E-state index contributed by atoms with van der Waals surface area (Å²) < 4.78 is 0. The Morgan fingerprint density at radius 2 is 2.12 bits per heavy atom. The molecule has 1 aliphatic carbocycles. The first kappa shape index (κ1) is 11.9. The van der Waals surface area contributed by atoms with Crippen molar-refractivity contribution in [3.8, 4) is 0 Å². The van der Waals surface area contributed by atoms with Gasteiger partial charge in [0.2, 0.25) is 0 Å². The number of hydrogen-bond donors (Lipinski definition) is 1. The van der Waals surface area contributed by atoms with Gasteiger partial charge in [-0.2, -0.15) is 0 Å². The summed E-state index contributed by atoms with van der Waals surface area (Å²) >= 11 is 5.95. The van der Waals surface area contributed by atoms with Crippen LogP contribution in [0.15, 0.2) is 24.3 Å². The van der Waals surface area contributed by atoms with E-state index < -0.39 is 0 Å². The Labute approximate surface area is 103 Å². The van der Waals surface area contributed by atoms with Gasteiger partial charge in [0.1, 0.15) is 0 Å². The standard InChI is InChI=1S/C14H20ClN/c1-11(2)14(6-7-14)10-16-9-12-4-3-5-13(15)8-12/h3-5,8,11,16H,6-7,9-10H2,1-2H3. The van der Waals surface area contributed by atoms with E-state index in [4.69, 9.17) is 11.6 Å². The molecule has 88 valence electrons. The number of rotatable bonds is 5. The quantitative estimate of drug-likeness (QED) is 0.820. The van der Waals surface area contributed by atoms with Crippen LogP contribution in [0.5, 0.6) is 0 Å². The molecule has 0 heterocycles. The fraction of sp³-hybridized carbons (Fsp3) is 0.571. The predicted molar refractivity (Wildman–Crippen MR) is 69.7 cm³/mol. The first-order valence-corrected chi connectivity index (χ1v) is 6.45. The fourth-order valence-electron chi connectivity index (χ4n) is 2.22. The normalized spacial score (nSPS) is 17.8. The van der Waals surface area contributed by atoms with Crippen molar-refractivity contribution in [2.24, 2.45) is 11.3 Å². The van der Waals surface area contributed by atoms with E-state index in [1.54, 1.807) is 0 Å². The van der Waals surface area contributed by atoms with Crippen molar-refractivity contribution in [3.63, 3.8) is 0 Å². The van der Waals surface area contributed by atoms with Gasteiger partial charge in [-0.1, -0.05) is 37.6 Å². The molecule has 0 unspecified atom stereocenters. The van der Waals surface area contributed by atoms with Crippen molar-refractivity contribution in [1.82, 2.24) is 5.32 Å². The van der Waals surface area contributed by atoms with Crippen LogP contribution in [-0.2, 0) is 6.54 Å². The number of nitrogens with one attached hydrogen (secondary N) is 1. The molecule has 0 bridgehead atoms. The minimum absolute atomic E-state index is 0.582. The van der Waals surface area contributed by atoms with Gasteiger partial charge in [-0.05, 0) is 41.9 Å². The van der Waals surface area contributed by atoms with E-state index in [9.17, 15) is 0 Å². The Bertz CT molecular complexity index is 356. The highest BCUT2D eigenvalue weighted by Crippen LogP contribution is 2.51. The third-order valence-corrected chi connectivity index (χ3v) is 4.05. The molecule has 0 aromatic heterocycles. The average Bonchev–Trinajstić information content (AvgIpc) is 2.99. The summed E-state index contributed by atoms with van der Waals surface area (Å²) in [5.41, 5.74) is 1.85. The van der Waals surface area contributed by atoms with Crippen LogP contribution in [0, 0.1) is 11.3 Å². The van der Waals surface area contributed by atoms with Crippen molar-refractivity contribution >= 4 is 11.6 Å². The van der Waals surface area contributed by atoms with Crippen LogP contribution in [0.25, 0.3) is 0 Å². The molecule has 0 aliphatic heterocycles. The Kier molecular flexibility index (Phi) is 3.56. The molecule has 0 amide bonds. The maximum atomic E-state index is 5.95. The van der Waals surface area contributed by atoms with Gasteiger partial charge in [0, 0.05) is 18.1 Å². The first-order chi connectivity index (χ1) is 7.62. The number of benzene rings is 1. The van der Waals surface area contributed by atoms with Gasteiger partial charge in [-0.25, -0.2) is 0 Å². The van der Waals surface area contributed by atoms with E-state index >= 15 is 0 Å². The summed E-state index contributed by atoms with van der Waals surface area (Å²) in [6, 6.07) is 8.08. The molecule has 1 N–H and O–H groups in total. The zero-order valence-electron chi connectivity index (χ0n) is 10.1. The lowest BCUT2D eigenvalue weighted by molar-refractivity contribution is 0.338. The highest BCUT2D eigenvalue weighted by Gasteiger charge is 2.44. The molecule has 0 saturated heterocycles. The summed E-state index contributed by atoms with van der Waals surface area (Å²) in [6.45, 7) is 6.72. The fourth-order valence-corrected chi connectivity index (χ4v) is 2.43. The van der Waals surface area contributed by atoms with Crippen LogP contribution >= 0.6 is 11.6 Å². The molecule has 0 spiro atoms. The van der Waals surface area contributed by atoms with Crippen molar-refractivity contribution in [3.05, 3.63) is 34.9 Å². The molecule has 16 heavy (non-hydrogen) atoms. The van der Waals surface area contributed by atoms with Crippen LogP contribution in [0.4, 0.5) is 0 Å². The summed E-state index contributed by atoms with van der Waals surface area (Å²) in [5, 5.41) is 4.38. The molecule has 1 aromatic carbocycles. The van der Waals surface area contributed by atoms with Crippen molar-refractivity contribution < 1.29 is 0 Å². The minimum atomic E-state index is 0.582. The molecule has 1 aliphatic rings. The van der Waals surface area contributed by atoms with Crippen LogP contribution < -0.4 is 5.32 Å². The molecular formula is C14H20ClN. The topological polar surface area (TPSA) is 12.0 Å². The van der Waals surface area contributed by atoms with E-state index in [0.29, 0.717) is 5.41 Å². The summed E-state index contributed by atoms with van der Waals surface area (Å²) in [7, 11) is 0. The molecule has 0 radical (unpaired) electrons. The molecular weight excluding hydrogens is 218 g/mol. The van der Waals surface area contributed by atoms with Crippen LogP contribution in [0.1, 0.15) is 32.3 Å². The Balaban J connectivity index is 1.80. The largest absolute Gasteiger partial charge is 0.312 e. The van der Waals surface area contributed by atoms with Crippen molar-refractivity contribution in [1.29, 1.82) is 0 Å². The third-order valence-electron chi connectivity index (χ3n) is 3.81. The second-order valence-electron chi connectivity index (χ2n) is 5.25. The zero-order valence-corrected chi connectivity index (χ0v) is 10.8. The second kappa shape index (κ2) is 4.77. The maximum Gasteiger partial charge on any atom is 0.0409 e. The summed E-state index contributed by atoms with van der Waals surface area (Å²) in [5.74, 6) is 0.791. The van der Waals surface area contributed by atoms with Gasteiger partial charge >= 0.3 is 0 Å². The van der Waals surface area contributed by atoms with Gasteiger partial charge in [0.05, 0.1) is 0 Å². The molecule has 0 atom stereocenters. The maximum absolute atomic E-state index is 5.95. The predicted octanol–water partition coefficient (Wildman–Crippen LogP) is 3.87. The lowest BCUT2D eigenvalue weighted by Gasteiger charge is -2.20. The van der Waals surface area contributed by atoms with E-state index in [-0.39, 0.29) is 0 Å². The van der Waals surface area contributed by atoms with Crippen molar-refractivity contribution in [2.75, 3.05) is 6.54 Å². The molecule has 2 heteroatoms. The summed E-state index contributed by atoms with van der Waals surface area (Å²) in [6.07, 6.45) is 2.76. The van der Waals surface area contributed by atoms with E-state index in [0.717, 1.165) is 24.0 Å². The number of hydrogen-bond acceptors (Lipinski definition) is 1. The number of halogens is 1. The van der Waals surface area contributed by atoms with Crippen LogP contribution in [0.3, 0.4) is 0 Å². The third kappa shape index (κ3) is 2.78. The van der Waals surface area contributed by atoms with E-state index in [1.807, 2.05) is 18.2 Å². The Morgan fingerprint density at radius 3 is 2.69 bits per heavy atom. The van der Waals surface area contributed by atoms with Gasteiger partial charge in [-0.15, -0.1) is 0 Å². The molecule has 1 saturated carbocycles. The SMILES string of the molecule is CC(C)C1(CNCc2cccc(Cl)c2)CC1. The molecule has 1 aromatic rings. The molecule has 1 fully saturated rings. The Hall–Kier alpha value is -0.530. The lowest BCUT2D eigenvalue weighted by Crippen LogP contribution is -2.27. The highest BCUT2D eigenvalue weighted by atomic mass is 35.5. The smallest absolute Gasteiger partial charge is 0.0409 e. The average molecular weight is 238 g/mol. The first-order valence-electron chi connectivity index (χ1n) is 6.08. The van der Waals surface area contributed by atoms with Crippen LogP contribution in [-0.4, -0.2) is 6.54 Å². The molecule has 2 rings (SSSR count). The van der Waals surface area contributed by atoms with E-state index in [1.165, 1.54) is 18.4 Å². The molecule has 1 nitrogen and oxygen atoms in total. The van der Waals surface area contributed by atoms with Gasteiger partial charge in [0.15, 0.2) is 0 Å².